The standard InChI is InChI=1S/C29H34IO7/c1-18-2-6-21(7-3-18)30-22-8-10-23(11-9-22)34-17-28(32)37-26-14-19(4-12-24(26)31)16-35-29(33)20-5-13-25-27(15-20)36-25/h2-3,6-11,19-20,24-27,31H,4-5,12-17H2,1H3/q+1. The van der Waals surface area contributed by atoms with Gasteiger partial charge in [0.2, 0.25) is 0 Å². The summed E-state index contributed by atoms with van der Waals surface area (Å²) in [5.41, 5.74) is 1.25. The Morgan fingerprint density at radius 3 is 2.41 bits per heavy atom. The van der Waals surface area contributed by atoms with Gasteiger partial charge in [-0.15, -0.1) is 0 Å². The minimum Gasteiger partial charge on any atom is -0.482 e. The van der Waals surface area contributed by atoms with Gasteiger partial charge < -0.3 is 24.1 Å². The van der Waals surface area contributed by atoms with Crippen LogP contribution in [0.5, 0.6) is 5.75 Å². The lowest BCUT2D eigenvalue weighted by Gasteiger charge is -2.32. The number of ether oxygens (including phenoxy) is 4. The van der Waals surface area contributed by atoms with E-state index in [1.54, 1.807) is 0 Å². The number of halogens is 1. The molecule has 1 N–H and O–H groups in total. The van der Waals surface area contributed by atoms with E-state index in [0.29, 0.717) is 31.3 Å². The van der Waals surface area contributed by atoms with Crippen molar-refractivity contribution in [2.45, 2.75) is 69.9 Å². The van der Waals surface area contributed by atoms with Crippen LogP contribution in [-0.4, -0.2) is 54.7 Å². The van der Waals surface area contributed by atoms with Gasteiger partial charge in [0, 0.05) is 0 Å². The third-order valence-corrected chi connectivity index (χ3v) is 10.0. The van der Waals surface area contributed by atoms with Crippen LogP contribution in [0.4, 0.5) is 0 Å². The van der Waals surface area contributed by atoms with Crippen LogP contribution < -0.4 is 25.9 Å². The molecule has 0 radical (unpaired) electrons. The number of esters is 2. The van der Waals surface area contributed by atoms with Crippen molar-refractivity contribution in [2.75, 3.05) is 13.2 Å². The molecule has 2 aromatic rings. The molecule has 1 saturated heterocycles. The maximum Gasteiger partial charge on any atom is 0.357 e. The molecule has 0 amide bonds. The molecule has 3 aliphatic rings. The Bertz CT molecular complexity index is 1070. The van der Waals surface area contributed by atoms with E-state index < -0.39 is 18.2 Å². The van der Waals surface area contributed by atoms with Gasteiger partial charge in [0.25, 0.3) is 0 Å². The summed E-state index contributed by atoms with van der Waals surface area (Å²) >= 11 is -0.266. The van der Waals surface area contributed by atoms with E-state index in [1.165, 1.54) is 12.7 Å². The van der Waals surface area contributed by atoms with E-state index in [0.717, 1.165) is 25.7 Å². The van der Waals surface area contributed by atoms with Crippen molar-refractivity contribution in [2.24, 2.45) is 11.8 Å². The van der Waals surface area contributed by atoms with E-state index >= 15 is 0 Å². The highest BCUT2D eigenvalue weighted by Crippen LogP contribution is 2.40. The van der Waals surface area contributed by atoms with Gasteiger partial charge in [0.05, 0.1) is 30.8 Å². The van der Waals surface area contributed by atoms with Gasteiger partial charge in [0.15, 0.2) is 13.7 Å². The predicted octanol–water partition coefficient (Wildman–Crippen LogP) is 0.686. The molecule has 0 aromatic heterocycles. The second-order valence-electron chi connectivity index (χ2n) is 10.3. The summed E-state index contributed by atoms with van der Waals surface area (Å²) in [6.07, 6.45) is 3.46. The third-order valence-electron chi connectivity index (χ3n) is 7.35. The van der Waals surface area contributed by atoms with E-state index in [1.807, 2.05) is 24.3 Å². The molecular formula is C29H34IO7+. The summed E-state index contributed by atoms with van der Waals surface area (Å²) in [7, 11) is 0. The molecule has 6 atom stereocenters. The fraction of sp³-hybridized carbons (Fsp3) is 0.517. The molecular weight excluding hydrogens is 587 g/mol. The van der Waals surface area contributed by atoms with Gasteiger partial charge in [0.1, 0.15) is 11.9 Å². The zero-order chi connectivity index (χ0) is 25.8. The van der Waals surface area contributed by atoms with Gasteiger partial charge in [-0.05, 0) is 87.8 Å². The first-order valence-corrected chi connectivity index (χ1v) is 15.2. The summed E-state index contributed by atoms with van der Waals surface area (Å²) < 4.78 is 24.9. The van der Waals surface area contributed by atoms with Crippen LogP contribution >= 0.6 is 0 Å². The topological polar surface area (TPSA) is 94.6 Å². The molecule has 3 fully saturated rings. The number of hydrogen-bond donors (Lipinski definition) is 1. The third kappa shape index (κ3) is 7.45. The Balaban J connectivity index is 1.03. The van der Waals surface area contributed by atoms with Crippen molar-refractivity contribution in [3.8, 4) is 5.75 Å². The largest absolute Gasteiger partial charge is 0.482 e. The van der Waals surface area contributed by atoms with Crippen LogP contribution in [0.2, 0.25) is 0 Å². The van der Waals surface area contributed by atoms with E-state index in [-0.39, 0.29) is 51.7 Å². The molecule has 1 aliphatic heterocycles. The molecule has 1 heterocycles. The van der Waals surface area contributed by atoms with Crippen molar-refractivity contribution < 1.29 is 54.8 Å². The number of benzene rings is 2. The van der Waals surface area contributed by atoms with Gasteiger partial charge in [-0.25, -0.2) is 4.79 Å². The number of epoxide rings is 1. The first-order valence-electron chi connectivity index (χ1n) is 13.1. The Morgan fingerprint density at radius 1 is 0.946 bits per heavy atom. The molecule has 198 valence electrons. The number of aliphatic hydroxyl groups is 1. The van der Waals surface area contributed by atoms with Gasteiger partial charge in [-0.3, -0.25) is 4.79 Å². The second-order valence-corrected chi connectivity index (χ2v) is 13.3. The number of carbonyl (C=O) groups is 2. The fourth-order valence-corrected chi connectivity index (χ4v) is 7.23. The lowest BCUT2D eigenvalue weighted by atomic mass is 9.85. The predicted molar refractivity (Wildman–Crippen MR) is 131 cm³/mol. The highest BCUT2D eigenvalue weighted by Gasteiger charge is 2.46. The summed E-state index contributed by atoms with van der Waals surface area (Å²) in [6.45, 7) is 2.15. The number of rotatable bonds is 9. The molecule has 37 heavy (non-hydrogen) atoms. The highest BCUT2D eigenvalue weighted by atomic mass is 127. The number of aryl methyl sites for hydroxylation is 1. The fourth-order valence-electron chi connectivity index (χ4n) is 5.07. The van der Waals surface area contributed by atoms with Gasteiger partial charge in [-0.1, -0.05) is 17.7 Å². The minimum atomic E-state index is -0.719. The lowest BCUT2D eigenvalue weighted by molar-refractivity contribution is -0.597. The van der Waals surface area contributed by atoms with Crippen molar-refractivity contribution in [3.05, 3.63) is 61.2 Å². The number of hydrogen-bond acceptors (Lipinski definition) is 7. The molecule has 5 rings (SSSR count). The normalized spacial score (nSPS) is 28.6. The minimum absolute atomic E-state index is 0.0592. The number of fused-ring (bicyclic) bond motifs is 1. The van der Waals surface area contributed by atoms with Crippen molar-refractivity contribution in [1.82, 2.24) is 0 Å². The first kappa shape index (κ1) is 26.4. The molecule has 6 unspecified atom stereocenters. The summed E-state index contributed by atoms with van der Waals surface area (Å²) in [4.78, 5) is 24.9. The smallest absolute Gasteiger partial charge is 0.357 e. The van der Waals surface area contributed by atoms with E-state index in [4.69, 9.17) is 18.9 Å². The summed E-state index contributed by atoms with van der Waals surface area (Å²) in [5.74, 6) is -0.0903. The molecule has 7 nitrogen and oxygen atoms in total. The maximum atomic E-state index is 12.4. The van der Waals surface area contributed by atoms with Gasteiger partial charge >= 0.3 is 33.1 Å². The SMILES string of the molecule is Cc1ccc([I+]c2ccc(OCC(=O)OC3CC(COC(=O)C4CCC5OC5C4)CCC3O)cc2)cc1. The van der Waals surface area contributed by atoms with Crippen LogP contribution in [0.3, 0.4) is 0 Å². The molecule has 0 bridgehead atoms. The van der Waals surface area contributed by atoms with Crippen LogP contribution in [0.1, 0.15) is 44.1 Å². The Morgan fingerprint density at radius 2 is 1.68 bits per heavy atom. The number of carbonyl (C=O) groups excluding carboxylic acids is 2. The average Bonchev–Trinajstić information content (AvgIpc) is 3.69. The first-order chi connectivity index (χ1) is 17.9. The number of aliphatic hydroxyl groups excluding tert-OH is 1. The zero-order valence-electron chi connectivity index (χ0n) is 21.0. The lowest BCUT2D eigenvalue weighted by Crippen LogP contribution is -3.61. The zero-order valence-corrected chi connectivity index (χ0v) is 23.2. The van der Waals surface area contributed by atoms with Crippen LogP contribution in [0.25, 0.3) is 0 Å². The average molecular weight is 621 g/mol. The maximum absolute atomic E-state index is 12.4. The van der Waals surface area contributed by atoms with Gasteiger partial charge in [-0.2, -0.15) is 0 Å². The molecule has 0 spiro atoms. The Labute approximate surface area is 228 Å². The molecule has 2 aliphatic carbocycles. The van der Waals surface area contributed by atoms with Crippen molar-refractivity contribution in [1.29, 1.82) is 0 Å². The molecule has 2 aromatic carbocycles. The Kier molecular flexibility index (Phi) is 8.67. The van der Waals surface area contributed by atoms with Crippen molar-refractivity contribution in [3.63, 3.8) is 0 Å². The van der Waals surface area contributed by atoms with Crippen LogP contribution in [-0.2, 0) is 23.8 Å². The van der Waals surface area contributed by atoms with Crippen LogP contribution in [0.15, 0.2) is 48.5 Å². The van der Waals surface area contributed by atoms with Crippen molar-refractivity contribution >= 4 is 11.9 Å². The quantitative estimate of drug-likeness (QED) is 0.250. The summed E-state index contributed by atoms with van der Waals surface area (Å²) in [5, 5.41) is 10.4. The monoisotopic (exact) mass is 621 g/mol. The molecule has 2 saturated carbocycles. The highest BCUT2D eigenvalue weighted by molar-refractivity contribution is 5.73. The van der Waals surface area contributed by atoms with E-state index in [2.05, 4.69) is 31.2 Å². The van der Waals surface area contributed by atoms with Crippen LogP contribution in [0, 0.1) is 25.9 Å². The molecule has 8 heteroatoms. The summed E-state index contributed by atoms with van der Waals surface area (Å²) in [6, 6.07) is 16.4. The Hall–Kier alpha value is -2.17. The van der Waals surface area contributed by atoms with E-state index in [9.17, 15) is 14.7 Å². The second kappa shape index (κ2) is 12.1.